The Kier molecular flexibility index (Phi) is 3.80. The molecular formula is C10H12ClNO. The van der Waals surface area contributed by atoms with Gasteiger partial charge in [-0.1, -0.05) is 23.7 Å². The summed E-state index contributed by atoms with van der Waals surface area (Å²) in [6.45, 7) is 4.83. The van der Waals surface area contributed by atoms with Crippen molar-refractivity contribution < 1.29 is 5.11 Å². The predicted octanol–water partition coefficient (Wildman–Crippen LogP) is 2.32. The number of phenolic OH excluding ortho intramolecular Hbond substituents is 1. The largest absolute Gasteiger partial charge is 0.508 e. The summed E-state index contributed by atoms with van der Waals surface area (Å²) in [5.74, 6) is 0.226. The average molecular weight is 198 g/mol. The van der Waals surface area contributed by atoms with E-state index in [-0.39, 0.29) is 5.75 Å². The number of hydrogen-bond acceptors (Lipinski definition) is 2. The minimum atomic E-state index is 0.226. The van der Waals surface area contributed by atoms with E-state index in [2.05, 4.69) is 11.9 Å². The van der Waals surface area contributed by atoms with Crippen LogP contribution in [0.15, 0.2) is 30.9 Å². The molecule has 1 aromatic rings. The summed E-state index contributed by atoms with van der Waals surface area (Å²) in [5.41, 5.74) is 0.728. The molecule has 70 valence electrons. The fraction of sp³-hybridized carbons (Fsp3) is 0.200. The first-order valence-corrected chi connectivity index (χ1v) is 4.41. The first-order valence-electron chi connectivity index (χ1n) is 4.03. The summed E-state index contributed by atoms with van der Waals surface area (Å²) in [4.78, 5) is 0. The lowest BCUT2D eigenvalue weighted by atomic mass is 10.2. The third-order valence-electron chi connectivity index (χ3n) is 1.68. The fourth-order valence-corrected chi connectivity index (χ4v) is 1.26. The van der Waals surface area contributed by atoms with Gasteiger partial charge in [-0.3, -0.25) is 0 Å². The molecule has 0 aliphatic carbocycles. The smallest absolute Gasteiger partial charge is 0.121 e. The van der Waals surface area contributed by atoms with Gasteiger partial charge < -0.3 is 10.4 Å². The second-order valence-electron chi connectivity index (χ2n) is 2.66. The van der Waals surface area contributed by atoms with Crippen LogP contribution in [0.2, 0.25) is 5.02 Å². The van der Waals surface area contributed by atoms with Gasteiger partial charge in [-0.05, 0) is 12.1 Å². The van der Waals surface area contributed by atoms with Gasteiger partial charge in [0, 0.05) is 23.7 Å². The van der Waals surface area contributed by atoms with Crippen molar-refractivity contribution >= 4 is 11.6 Å². The van der Waals surface area contributed by atoms with Gasteiger partial charge in [0.1, 0.15) is 5.75 Å². The molecule has 0 unspecified atom stereocenters. The molecule has 2 N–H and O–H groups in total. The highest BCUT2D eigenvalue weighted by atomic mass is 35.5. The molecule has 3 heteroatoms. The molecule has 0 heterocycles. The van der Waals surface area contributed by atoms with Gasteiger partial charge in [-0.25, -0.2) is 0 Å². The molecule has 2 nitrogen and oxygen atoms in total. The van der Waals surface area contributed by atoms with E-state index in [0.717, 1.165) is 5.56 Å². The molecule has 0 saturated heterocycles. The maximum absolute atomic E-state index is 9.44. The molecule has 0 radical (unpaired) electrons. The number of nitrogens with one attached hydrogen (secondary N) is 1. The van der Waals surface area contributed by atoms with Gasteiger partial charge in [-0.2, -0.15) is 0 Å². The standard InChI is InChI=1S/C10H12ClNO/c1-2-6-12-7-8-9(11)4-3-5-10(8)13/h2-5,12-13H,1,6-7H2. The van der Waals surface area contributed by atoms with Crippen LogP contribution in [0.4, 0.5) is 0 Å². The number of rotatable bonds is 4. The molecule has 0 bridgehead atoms. The third kappa shape index (κ3) is 2.76. The molecule has 0 aliphatic rings. The fourth-order valence-electron chi connectivity index (χ4n) is 1.02. The van der Waals surface area contributed by atoms with Gasteiger partial charge in [0.25, 0.3) is 0 Å². The van der Waals surface area contributed by atoms with Crippen molar-refractivity contribution in [3.63, 3.8) is 0 Å². The minimum Gasteiger partial charge on any atom is -0.508 e. The van der Waals surface area contributed by atoms with E-state index < -0.39 is 0 Å². The Hall–Kier alpha value is -0.990. The summed E-state index contributed by atoms with van der Waals surface area (Å²) in [7, 11) is 0. The van der Waals surface area contributed by atoms with E-state index >= 15 is 0 Å². The Morgan fingerprint density at radius 1 is 1.54 bits per heavy atom. The summed E-state index contributed by atoms with van der Waals surface area (Å²) in [6.07, 6.45) is 1.76. The average Bonchev–Trinajstić information content (AvgIpc) is 2.10. The molecule has 1 rings (SSSR count). The Balaban J connectivity index is 2.69. The zero-order valence-corrected chi connectivity index (χ0v) is 8.01. The highest BCUT2D eigenvalue weighted by Crippen LogP contribution is 2.24. The first-order chi connectivity index (χ1) is 6.25. The molecule has 0 amide bonds. The van der Waals surface area contributed by atoms with Crippen molar-refractivity contribution in [2.45, 2.75) is 6.54 Å². The zero-order valence-electron chi connectivity index (χ0n) is 7.26. The van der Waals surface area contributed by atoms with Crippen molar-refractivity contribution in [1.82, 2.24) is 5.32 Å². The van der Waals surface area contributed by atoms with Crippen LogP contribution >= 0.6 is 11.6 Å². The highest BCUT2D eigenvalue weighted by molar-refractivity contribution is 6.31. The van der Waals surface area contributed by atoms with E-state index in [9.17, 15) is 5.11 Å². The Morgan fingerprint density at radius 3 is 2.92 bits per heavy atom. The third-order valence-corrected chi connectivity index (χ3v) is 2.04. The summed E-state index contributed by atoms with van der Waals surface area (Å²) in [5, 5.41) is 13.1. The van der Waals surface area contributed by atoms with Gasteiger partial charge in [0.15, 0.2) is 0 Å². The quantitative estimate of drug-likeness (QED) is 0.574. The van der Waals surface area contributed by atoms with E-state index in [1.807, 2.05) is 0 Å². The van der Waals surface area contributed by atoms with Gasteiger partial charge in [0.05, 0.1) is 0 Å². The maximum Gasteiger partial charge on any atom is 0.121 e. The molecule has 1 aromatic carbocycles. The van der Waals surface area contributed by atoms with Crippen LogP contribution in [-0.2, 0) is 6.54 Å². The lowest BCUT2D eigenvalue weighted by Gasteiger charge is -2.06. The van der Waals surface area contributed by atoms with Crippen LogP contribution in [0.1, 0.15) is 5.56 Å². The molecule has 0 aromatic heterocycles. The lowest BCUT2D eigenvalue weighted by Crippen LogP contribution is -2.12. The van der Waals surface area contributed by atoms with E-state index in [1.165, 1.54) is 0 Å². The van der Waals surface area contributed by atoms with Crippen LogP contribution in [-0.4, -0.2) is 11.7 Å². The van der Waals surface area contributed by atoms with Gasteiger partial charge >= 0.3 is 0 Å². The lowest BCUT2D eigenvalue weighted by molar-refractivity contribution is 0.465. The predicted molar refractivity (Wildman–Crippen MR) is 55.0 cm³/mol. The second kappa shape index (κ2) is 4.90. The Labute approximate surface area is 82.8 Å². The maximum atomic E-state index is 9.44. The molecule has 0 spiro atoms. The Bertz CT molecular complexity index is 279. The van der Waals surface area contributed by atoms with Crippen LogP contribution in [0.25, 0.3) is 0 Å². The van der Waals surface area contributed by atoms with Crippen molar-refractivity contribution in [3.05, 3.63) is 41.4 Å². The van der Waals surface area contributed by atoms with E-state index in [4.69, 9.17) is 11.6 Å². The Morgan fingerprint density at radius 2 is 2.31 bits per heavy atom. The van der Waals surface area contributed by atoms with E-state index in [0.29, 0.717) is 18.1 Å². The van der Waals surface area contributed by atoms with Crippen LogP contribution < -0.4 is 5.32 Å². The monoisotopic (exact) mass is 197 g/mol. The number of benzene rings is 1. The van der Waals surface area contributed by atoms with Crippen molar-refractivity contribution in [1.29, 1.82) is 0 Å². The van der Waals surface area contributed by atoms with Crippen LogP contribution in [0.3, 0.4) is 0 Å². The van der Waals surface area contributed by atoms with Gasteiger partial charge in [-0.15, -0.1) is 6.58 Å². The number of hydrogen-bond donors (Lipinski definition) is 2. The van der Waals surface area contributed by atoms with Crippen molar-refractivity contribution in [2.24, 2.45) is 0 Å². The molecule has 0 aliphatic heterocycles. The molecular weight excluding hydrogens is 186 g/mol. The molecule has 0 atom stereocenters. The summed E-state index contributed by atoms with van der Waals surface area (Å²) in [6, 6.07) is 5.09. The molecule has 0 fully saturated rings. The van der Waals surface area contributed by atoms with E-state index in [1.54, 1.807) is 24.3 Å². The van der Waals surface area contributed by atoms with Crippen molar-refractivity contribution in [3.8, 4) is 5.75 Å². The number of aromatic hydroxyl groups is 1. The number of halogens is 1. The topological polar surface area (TPSA) is 32.3 Å². The zero-order chi connectivity index (χ0) is 9.68. The minimum absolute atomic E-state index is 0.226. The second-order valence-corrected chi connectivity index (χ2v) is 3.06. The molecule has 0 saturated carbocycles. The SMILES string of the molecule is C=CCNCc1c(O)cccc1Cl. The normalized spacial score (nSPS) is 9.92. The van der Waals surface area contributed by atoms with Crippen LogP contribution in [0, 0.1) is 0 Å². The number of phenols is 1. The van der Waals surface area contributed by atoms with Crippen LogP contribution in [0.5, 0.6) is 5.75 Å². The first kappa shape index (κ1) is 10.1. The summed E-state index contributed by atoms with van der Waals surface area (Å²) >= 11 is 5.88. The highest BCUT2D eigenvalue weighted by Gasteiger charge is 2.03. The molecule has 13 heavy (non-hydrogen) atoms. The van der Waals surface area contributed by atoms with Gasteiger partial charge in [0.2, 0.25) is 0 Å². The summed E-state index contributed by atoms with van der Waals surface area (Å²) < 4.78 is 0. The van der Waals surface area contributed by atoms with Crippen molar-refractivity contribution in [2.75, 3.05) is 6.54 Å².